The Kier molecular flexibility index (Phi) is 5.68. The lowest BCUT2D eigenvalue weighted by Gasteiger charge is -2.24. The van der Waals surface area contributed by atoms with Gasteiger partial charge in [-0.3, -0.25) is 9.59 Å². The summed E-state index contributed by atoms with van der Waals surface area (Å²) in [5, 5.41) is 0.694. The van der Waals surface area contributed by atoms with Gasteiger partial charge in [0.2, 0.25) is 0 Å². The van der Waals surface area contributed by atoms with Gasteiger partial charge in [-0.15, -0.1) is 0 Å². The van der Waals surface area contributed by atoms with Crippen LogP contribution in [-0.2, 0) is 0 Å². The predicted octanol–water partition coefficient (Wildman–Crippen LogP) is 4.95. The van der Waals surface area contributed by atoms with Gasteiger partial charge in [0.1, 0.15) is 0 Å². The first kappa shape index (κ1) is 18.5. The van der Waals surface area contributed by atoms with Crippen molar-refractivity contribution < 1.29 is 9.59 Å². The van der Waals surface area contributed by atoms with E-state index in [1.54, 1.807) is 32.2 Å². The van der Waals surface area contributed by atoms with E-state index in [4.69, 9.17) is 23.2 Å². The van der Waals surface area contributed by atoms with Crippen LogP contribution in [0.4, 0.5) is 0 Å². The Labute approximate surface area is 152 Å². The number of aryl methyl sites for hydroxylation is 2. The molecule has 1 atom stereocenters. The number of hydrogen-bond acceptors (Lipinski definition) is 2. The van der Waals surface area contributed by atoms with Crippen LogP contribution in [0.2, 0.25) is 10.0 Å². The fraction of sp³-hybridized carbons (Fsp3) is 0.263. The van der Waals surface area contributed by atoms with Crippen molar-refractivity contribution in [2.45, 2.75) is 26.8 Å². The summed E-state index contributed by atoms with van der Waals surface area (Å²) < 4.78 is 0. The molecule has 0 aromatic heterocycles. The third-order valence-electron chi connectivity index (χ3n) is 4.24. The highest BCUT2D eigenvalue weighted by atomic mass is 35.5. The molecule has 1 amide bonds. The fourth-order valence-corrected chi connectivity index (χ4v) is 2.62. The summed E-state index contributed by atoms with van der Waals surface area (Å²) in [4.78, 5) is 26.7. The van der Waals surface area contributed by atoms with Crippen LogP contribution in [-0.4, -0.2) is 29.7 Å². The zero-order chi connectivity index (χ0) is 18.0. The minimum absolute atomic E-state index is 0.103. The number of amides is 1. The molecular weight excluding hydrogens is 345 g/mol. The number of ketones is 1. The molecule has 3 nitrogen and oxygen atoms in total. The molecule has 1 unspecified atom stereocenters. The summed E-state index contributed by atoms with van der Waals surface area (Å²) in [6, 6.07) is 9.64. The maximum atomic E-state index is 12.7. The Morgan fingerprint density at radius 1 is 0.917 bits per heavy atom. The van der Waals surface area contributed by atoms with E-state index >= 15 is 0 Å². The second-order valence-electron chi connectivity index (χ2n) is 5.88. The summed E-state index contributed by atoms with van der Waals surface area (Å²) in [5.41, 5.74) is 3.16. The highest BCUT2D eigenvalue weighted by Gasteiger charge is 2.25. The van der Waals surface area contributed by atoms with Crippen LogP contribution in [0.5, 0.6) is 0 Å². The van der Waals surface area contributed by atoms with Gasteiger partial charge in [0.05, 0.1) is 16.1 Å². The Morgan fingerprint density at radius 2 is 1.54 bits per heavy atom. The van der Waals surface area contributed by atoms with Gasteiger partial charge in [-0.25, -0.2) is 0 Å². The highest BCUT2D eigenvalue weighted by molar-refractivity contribution is 6.42. The van der Waals surface area contributed by atoms with Gasteiger partial charge < -0.3 is 4.90 Å². The molecule has 0 fully saturated rings. The molecular formula is C19H19Cl2NO2. The van der Waals surface area contributed by atoms with Crippen LogP contribution in [0, 0.1) is 13.8 Å². The lowest BCUT2D eigenvalue weighted by Crippen LogP contribution is -2.40. The topological polar surface area (TPSA) is 37.4 Å². The number of carbonyl (C=O) groups is 2. The molecule has 0 heterocycles. The molecule has 2 rings (SSSR count). The van der Waals surface area contributed by atoms with E-state index in [9.17, 15) is 9.59 Å². The molecule has 0 saturated heterocycles. The SMILES string of the molecule is Cc1ccc(C(=O)C(C)N(C)C(=O)c2ccc(Cl)c(Cl)c2)cc1C. The van der Waals surface area contributed by atoms with Gasteiger partial charge in [-0.2, -0.15) is 0 Å². The molecule has 24 heavy (non-hydrogen) atoms. The molecule has 2 aromatic carbocycles. The summed E-state index contributed by atoms with van der Waals surface area (Å²) in [6.45, 7) is 5.67. The second kappa shape index (κ2) is 7.37. The van der Waals surface area contributed by atoms with E-state index in [1.807, 2.05) is 26.0 Å². The fourth-order valence-electron chi connectivity index (χ4n) is 2.32. The first-order valence-corrected chi connectivity index (χ1v) is 8.31. The van der Waals surface area contributed by atoms with Crippen LogP contribution >= 0.6 is 23.2 Å². The van der Waals surface area contributed by atoms with Gasteiger partial charge in [0.25, 0.3) is 5.91 Å². The maximum absolute atomic E-state index is 12.7. The molecule has 0 aliphatic heterocycles. The molecule has 0 radical (unpaired) electrons. The average Bonchev–Trinajstić information content (AvgIpc) is 2.57. The van der Waals surface area contributed by atoms with Crippen molar-refractivity contribution in [2.24, 2.45) is 0 Å². The minimum Gasteiger partial charge on any atom is -0.332 e. The lowest BCUT2D eigenvalue weighted by molar-refractivity contribution is 0.0675. The quantitative estimate of drug-likeness (QED) is 0.720. The van der Waals surface area contributed by atoms with Crippen molar-refractivity contribution in [2.75, 3.05) is 7.05 Å². The molecule has 0 N–H and O–H groups in total. The van der Waals surface area contributed by atoms with E-state index in [1.165, 1.54) is 11.0 Å². The van der Waals surface area contributed by atoms with Crippen molar-refractivity contribution in [3.63, 3.8) is 0 Å². The molecule has 0 bridgehead atoms. The van der Waals surface area contributed by atoms with E-state index in [0.717, 1.165) is 11.1 Å². The molecule has 0 aliphatic carbocycles. The van der Waals surface area contributed by atoms with Crippen LogP contribution in [0.3, 0.4) is 0 Å². The van der Waals surface area contributed by atoms with Crippen molar-refractivity contribution in [3.05, 3.63) is 68.7 Å². The van der Waals surface area contributed by atoms with Crippen LogP contribution in [0.1, 0.15) is 38.8 Å². The summed E-state index contributed by atoms with van der Waals surface area (Å²) in [5.74, 6) is -0.382. The monoisotopic (exact) mass is 363 g/mol. The Hall–Kier alpha value is -1.84. The number of likely N-dealkylation sites (N-methyl/N-ethyl adjacent to an activating group) is 1. The van der Waals surface area contributed by atoms with Gasteiger partial charge in [-0.05, 0) is 56.2 Å². The van der Waals surface area contributed by atoms with Gasteiger partial charge in [-0.1, -0.05) is 35.3 Å². The lowest BCUT2D eigenvalue weighted by atomic mass is 9.99. The first-order valence-electron chi connectivity index (χ1n) is 7.56. The largest absolute Gasteiger partial charge is 0.332 e. The van der Waals surface area contributed by atoms with Crippen molar-refractivity contribution >= 4 is 34.9 Å². The van der Waals surface area contributed by atoms with Crippen molar-refractivity contribution in [1.29, 1.82) is 0 Å². The predicted molar refractivity (Wildman–Crippen MR) is 98.3 cm³/mol. The number of hydrogen-bond donors (Lipinski definition) is 0. The zero-order valence-electron chi connectivity index (χ0n) is 14.1. The summed E-state index contributed by atoms with van der Waals surface area (Å²) in [7, 11) is 1.61. The van der Waals surface area contributed by atoms with Gasteiger partial charge in [0.15, 0.2) is 5.78 Å². The Bertz CT molecular complexity index is 734. The number of nitrogens with zero attached hydrogens (tertiary/aromatic N) is 1. The van der Waals surface area contributed by atoms with E-state index in [0.29, 0.717) is 21.2 Å². The summed E-state index contributed by atoms with van der Waals surface area (Å²) in [6.07, 6.45) is 0. The minimum atomic E-state index is -0.589. The molecule has 0 aliphatic rings. The number of rotatable bonds is 4. The number of Topliss-reactive ketones (excluding diaryl/α,β-unsaturated/α-hetero) is 1. The van der Waals surface area contributed by atoms with E-state index < -0.39 is 6.04 Å². The first-order chi connectivity index (χ1) is 11.2. The standard InChI is InChI=1S/C19H19Cl2NO2/c1-11-5-6-14(9-12(11)2)18(23)13(3)22(4)19(24)15-7-8-16(20)17(21)10-15/h5-10,13H,1-4H3. The van der Waals surface area contributed by atoms with Gasteiger partial charge >= 0.3 is 0 Å². The molecule has 126 valence electrons. The molecule has 5 heteroatoms. The van der Waals surface area contributed by atoms with Crippen LogP contribution in [0.25, 0.3) is 0 Å². The van der Waals surface area contributed by atoms with Crippen LogP contribution < -0.4 is 0 Å². The Morgan fingerprint density at radius 3 is 2.12 bits per heavy atom. The third kappa shape index (κ3) is 3.80. The smallest absolute Gasteiger partial charge is 0.254 e. The number of carbonyl (C=O) groups excluding carboxylic acids is 2. The summed E-state index contributed by atoms with van der Waals surface area (Å²) >= 11 is 11.8. The van der Waals surface area contributed by atoms with Gasteiger partial charge in [0, 0.05) is 18.2 Å². The maximum Gasteiger partial charge on any atom is 0.254 e. The molecule has 2 aromatic rings. The molecule has 0 saturated carbocycles. The molecule has 0 spiro atoms. The number of halogens is 2. The van der Waals surface area contributed by atoms with Crippen LogP contribution in [0.15, 0.2) is 36.4 Å². The average molecular weight is 364 g/mol. The Balaban J connectivity index is 2.22. The van der Waals surface area contributed by atoms with E-state index in [2.05, 4.69) is 0 Å². The number of benzene rings is 2. The highest BCUT2D eigenvalue weighted by Crippen LogP contribution is 2.23. The van der Waals surface area contributed by atoms with E-state index in [-0.39, 0.29) is 11.7 Å². The zero-order valence-corrected chi connectivity index (χ0v) is 15.6. The third-order valence-corrected chi connectivity index (χ3v) is 4.98. The normalized spacial score (nSPS) is 11.9. The second-order valence-corrected chi connectivity index (χ2v) is 6.70. The van der Waals surface area contributed by atoms with Crippen molar-refractivity contribution in [3.8, 4) is 0 Å². The van der Waals surface area contributed by atoms with Crippen molar-refractivity contribution in [1.82, 2.24) is 4.90 Å².